The lowest BCUT2D eigenvalue weighted by atomic mass is 9.89. The van der Waals surface area contributed by atoms with Gasteiger partial charge in [-0.15, -0.1) is 0 Å². The van der Waals surface area contributed by atoms with E-state index in [0.717, 1.165) is 43.0 Å². The van der Waals surface area contributed by atoms with Crippen molar-refractivity contribution in [3.63, 3.8) is 0 Å². The van der Waals surface area contributed by atoms with Gasteiger partial charge in [-0.25, -0.2) is 9.97 Å². The smallest absolute Gasteiger partial charge is 0.137 e. The normalized spacial score (nSPS) is 18.0. The van der Waals surface area contributed by atoms with Gasteiger partial charge in [-0.2, -0.15) is 0 Å². The van der Waals surface area contributed by atoms with Crippen molar-refractivity contribution in [2.45, 2.75) is 52.6 Å². The van der Waals surface area contributed by atoms with Gasteiger partial charge in [0.05, 0.1) is 5.69 Å². The second-order valence-electron chi connectivity index (χ2n) is 6.22. The minimum Gasteiger partial charge on any atom is -0.292 e. The third kappa shape index (κ3) is 3.26. The molecular formula is C19H24ClN3. The number of likely N-dealkylation sites (N-methyl/N-ethyl adjacent to an activating group) is 1. The van der Waals surface area contributed by atoms with Gasteiger partial charge in [0.2, 0.25) is 0 Å². The number of nitrogens with zero attached hydrogens (tertiary/aromatic N) is 3. The van der Waals surface area contributed by atoms with E-state index in [-0.39, 0.29) is 0 Å². The van der Waals surface area contributed by atoms with Crippen molar-refractivity contribution in [2.75, 3.05) is 6.54 Å². The summed E-state index contributed by atoms with van der Waals surface area (Å²) in [6.45, 7) is 8.19. The first-order chi connectivity index (χ1) is 11.1. The van der Waals surface area contributed by atoms with Gasteiger partial charge in [-0.1, -0.05) is 56.1 Å². The zero-order valence-electron chi connectivity index (χ0n) is 14.1. The Morgan fingerprint density at radius 1 is 1.22 bits per heavy atom. The maximum Gasteiger partial charge on any atom is 0.137 e. The second kappa shape index (κ2) is 6.98. The van der Waals surface area contributed by atoms with Crippen LogP contribution in [0.3, 0.4) is 0 Å². The Bertz CT molecular complexity index is 699. The molecule has 0 aliphatic carbocycles. The highest BCUT2D eigenvalue weighted by molar-refractivity contribution is 6.30. The molecule has 1 aliphatic rings. The summed E-state index contributed by atoms with van der Waals surface area (Å²) in [6.07, 6.45) is 3.20. The van der Waals surface area contributed by atoms with E-state index in [1.807, 2.05) is 6.92 Å². The summed E-state index contributed by atoms with van der Waals surface area (Å²) in [4.78, 5) is 11.5. The summed E-state index contributed by atoms with van der Waals surface area (Å²) in [5.74, 6) is 0.763. The fourth-order valence-electron chi connectivity index (χ4n) is 3.56. The number of fused-ring (bicyclic) bond motifs is 1. The average Bonchev–Trinajstić information content (AvgIpc) is 2.54. The molecule has 1 atom stereocenters. The lowest BCUT2D eigenvalue weighted by Gasteiger charge is -2.37. The van der Waals surface area contributed by atoms with E-state index in [0.29, 0.717) is 11.2 Å². The Morgan fingerprint density at radius 2 is 2.00 bits per heavy atom. The van der Waals surface area contributed by atoms with Crippen LogP contribution in [0.15, 0.2) is 24.3 Å². The number of halogens is 1. The lowest BCUT2D eigenvalue weighted by molar-refractivity contribution is 0.178. The number of aryl methyl sites for hydroxylation is 2. The minimum atomic E-state index is 0.376. The van der Waals surface area contributed by atoms with Gasteiger partial charge in [-0.05, 0) is 31.0 Å². The number of hydrogen-bond acceptors (Lipinski definition) is 3. The van der Waals surface area contributed by atoms with Crippen LogP contribution < -0.4 is 0 Å². The van der Waals surface area contributed by atoms with Crippen molar-refractivity contribution in [2.24, 2.45) is 0 Å². The van der Waals surface area contributed by atoms with Gasteiger partial charge < -0.3 is 0 Å². The molecule has 0 N–H and O–H groups in total. The van der Waals surface area contributed by atoms with Crippen LogP contribution in [0.25, 0.3) is 0 Å². The van der Waals surface area contributed by atoms with Crippen LogP contribution in [-0.4, -0.2) is 21.4 Å². The zero-order valence-corrected chi connectivity index (χ0v) is 14.9. The molecule has 1 aliphatic heterocycles. The van der Waals surface area contributed by atoms with E-state index in [4.69, 9.17) is 11.6 Å². The quantitative estimate of drug-likeness (QED) is 0.773. The van der Waals surface area contributed by atoms with Crippen molar-refractivity contribution >= 4 is 11.6 Å². The number of hydrogen-bond donors (Lipinski definition) is 0. The monoisotopic (exact) mass is 329 g/mol. The molecule has 3 nitrogen and oxygen atoms in total. The van der Waals surface area contributed by atoms with Crippen LogP contribution in [0, 0.1) is 6.92 Å². The molecule has 3 rings (SSSR count). The van der Waals surface area contributed by atoms with Gasteiger partial charge in [0.1, 0.15) is 11.0 Å². The van der Waals surface area contributed by atoms with Crippen LogP contribution >= 0.6 is 11.6 Å². The van der Waals surface area contributed by atoms with Crippen molar-refractivity contribution in [3.8, 4) is 0 Å². The summed E-state index contributed by atoms with van der Waals surface area (Å²) in [7, 11) is 0. The molecule has 23 heavy (non-hydrogen) atoms. The van der Waals surface area contributed by atoms with E-state index in [9.17, 15) is 0 Å². The first kappa shape index (κ1) is 16.4. The molecule has 0 amide bonds. The molecule has 0 radical (unpaired) electrons. The van der Waals surface area contributed by atoms with Crippen LogP contribution in [-0.2, 0) is 19.4 Å². The topological polar surface area (TPSA) is 29.0 Å². The van der Waals surface area contributed by atoms with Gasteiger partial charge in [0, 0.05) is 24.6 Å². The van der Waals surface area contributed by atoms with E-state index in [2.05, 4.69) is 53.0 Å². The molecule has 0 saturated heterocycles. The van der Waals surface area contributed by atoms with Gasteiger partial charge in [-0.3, -0.25) is 4.90 Å². The largest absolute Gasteiger partial charge is 0.292 e. The molecule has 1 aromatic heterocycles. The SMILES string of the molecule is CCCc1ccccc1C1Cc2nc(C)nc(Cl)c2CN1CC. The Hall–Kier alpha value is -1.45. The number of rotatable bonds is 4. The van der Waals surface area contributed by atoms with Crippen LogP contribution in [0.5, 0.6) is 0 Å². The summed E-state index contributed by atoms with van der Waals surface area (Å²) in [5.41, 5.74) is 5.11. The van der Waals surface area contributed by atoms with Crippen molar-refractivity contribution in [1.82, 2.24) is 14.9 Å². The molecule has 0 spiro atoms. The van der Waals surface area contributed by atoms with E-state index >= 15 is 0 Å². The van der Waals surface area contributed by atoms with Crippen LogP contribution in [0.2, 0.25) is 5.15 Å². The van der Waals surface area contributed by atoms with Crippen molar-refractivity contribution in [3.05, 3.63) is 57.6 Å². The molecule has 2 heterocycles. The van der Waals surface area contributed by atoms with E-state index in [1.54, 1.807) is 0 Å². The second-order valence-corrected chi connectivity index (χ2v) is 6.58. The Kier molecular flexibility index (Phi) is 4.98. The molecule has 0 fully saturated rings. The highest BCUT2D eigenvalue weighted by Gasteiger charge is 2.30. The Labute approximate surface area is 143 Å². The summed E-state index contributed by atoms with van der Waals surface area (Å²) >= 11 is 6.37. The molecule has 0 saturated carbocycles. The fraction of sp³-hybridized carbons (Fsp3) is 0.474. The van der Waals surface area contributed by atoms with E-state index < -0.39 is 0 Å². The average molecular weight is 330 g/mol. The van der Waals surface area contributed by atoms with Crippen LogP contribution in [0.1, 0.15) is 54.5 Å². The van der Waals surface area contributed by atoms with Gasteiger partial charge in [0.15, 0.2) is 0 Å². The predicted octanol–water partition coefficient (Wildman–Crippen LogP) is 4.51. The molecule has 1 aromatic carbocycles. The molecule has 4 heteroatoms. The molecule has 1 unspecified atom stereocenters. The lowest BCUT2D eigenvalue weighted by Crippen LogP contribution is -2.35. The first-order valence-electron chi connectivity index (χ1n) is 8.47. The van der Waals surface area contributed by atoms with Crippen molar-refractivity contribution in [1.29, 1.82) is 0 Å². The summed E-state index contributed by atoms with van der Waals surface area (Å²) < 4.78 is 0. The minimum absolute atomic E-state index is 0.376. The highest BCUT2D eigenvalue weighted by atomic mass is 35.5. The number of aromatic nitrogens is 2. The predicted molar refractivity (Wildman–Crippen MR) is 94.7 cm³/mol. The summed E-state index contributed by atoms with van der Waals surface area (Å²) in [6, 6.07) is 9.21. The molecular weight excluding hydrogens is 306 g/mol. The molecule has 2 aromatic rings. The maximum atomic E-state index is 6.37. The maximum absolute atomic E-state index is 6.37. The fourth-order valence-corrected chi connectivity index (χ4v) is 3.85. The van der Waals surface area contributed by atoms with Gasteiger partial charge in [0.25, 0.3) is 0 Å². The molecule has 0 bridgehead atoms. The van der Waals surface area contributed by atoms with Crippen molar-refractivity contribution < 1.29 is 0 Å². The Balaban J connectivity index is 2.02. The summed E-state index contributed by atoms with van der Waals surface area (Å²) in [5, 5.41) is 0.617. The van der Waals surface area contributed by atoms with Crippen LogP contribution in [0.4, 0.5) is 0 Å². The number of benzene rings is 1. The third-order valence-corrected chi connectivity index (χ3v) is 5.00. The standard InChI is InChI=1S/C19H24ClN3/c1-4-8-14-9-6-7-10-15(14)18-11-17-16(12-23(18)5-2)19(20)22-13(3)21-17/h6-7,9-10,18H,4-5,8,11-12H2,1-3H3. The Morgan fingerprint density at radius 3 is 2.74 bits per heavy atom. The zero-order chi connectivity index (χ0) is 16.4. The highest BCUT2D eigenvalue weighted by Crippen LogP contribution is 2.36. The molecule has 122 valence electrons. The first-order valence-corrected chi connectivity index (χ1v) is 8.85. The third-order valence-electron chi connectivity index (χ3n) is 4.68. The van der Waals surface area contributed by atoms with E-state index in [1.165, 1.54) is 17.5 Å². The van der Waals surface area contributed by atoms with Gasteiger partial charge >= 0.3 is 0 Å².